The van der Waals surface area contributed by atoms with Crippen molar-refractivity contribution in [2.24, 2.45) is 5.92 Å². The highest BCUT2D eigenvalue weighted by molar-refractivity contribution is 5.85. The highest BCUT2D eigenvalue weighted by Crippen LogP contribution is 2.15. The van der Waals surface area contributed by atoms with Crippen molar-refractivity contribution in [1.82, 2.24) is 10.2 Å². The molecule has 1 saturated heterocycles. The van der Waals surface area contributed by atoms with E-state index in [2.05, 4.69) is 5.32 Å². The van der Waals surface area contributed by atoms with Gasteiger partial charge in [-0.05, 0) is 45.7 Å². The Balaban J connectivity index is 0.00000289. The fourth-order valence-corrected chi connectivity index (χ4v) is 2.22. The second-order valence-electron chi connectivity index (χ2n) is 4.57. The maximum atomic E-state index is 12.0. The van der Waals surface area contributed by atoms with Crippen molar-refractivity contribution in [2.75, 3.05) is 39.4 Å². The predicted octanol–water partition coefficient (Wildman–Crippen LogP) is 1.68. The van der Waals surface area contributed by atoms with Gasteiger partial charge in [0.1, 0.15) is 0 Å². The maximum Gasteiger partial charge on any atom is 0.222 e. The van der Waals surface area contributed by atoms with Gasteiger partial charge in [-0.15, -0.1) is 12.4 Å². The Hall–Kier alpha value is -0.320. The number of rotatable bonds is 8. The average Bonchev–Trinajstić information content (AvgIpc) is 2.85. The molecule has 0 saturated carbocycles. The van der Waals surface area contributed by atoms with Gasteiger partial charge in [0.25, 0.3) is 0 Å². The monoisotopic (exact) mass is 278 g/mol. The third kappa shape index (κ3) is 6.57. The third-order valence-corrected chi connectivity index (χ3v) is 3.37. The van der Waals surface area contributed by atoms with Crippen LogP contribution in [0.1, 0.15) is 33.1 Å². The summed E-state index contributed by atoms with van der Waals surface area (Å²) in [5.74, 6) is 0.976. The molecule has 1 rings (SSSR count). The van der Waals surface area contributed by atoms with Gasteiger partial charge >= 0.3 is 0 Å². The van der Waals surface area contributed by atoms with Gasteiger partial charge in [0, 0.05) is 26.1 Å². The molecule has 1 atom stereocenters. The summed E-state index contributed by atoms with van der Waals surface area (Å²) < 4.78 is 5.29. The molecule has 1 heterocycles. The second kappa shape index (κ2) is 10.6. The number of carbonyl (C=O) groups excluding carboxylic acids is 1. The lowest BCUT2D eigenvalue weighted by Crippen LogP contribution is -2.34. The lowest BCUT2D eigenvalue weighted by molar-refractivity contribution is -0.132. The van der Waals surface area contributed by atoms with Gasteiger partial charge in [0.2, 0.25) is 5.91 Å². The van der Waals surface area contributed by atoms with Gasteiger partial charge in [-0.1, -0.05) is 0 Å². The molecule has 1 N–H and O–H groups in total. The fraction of sp³-hybridized carbons (Fsp3) is 0.923. The van der Waals surface area contributed by atoms with Crippen LogP contribution in [0.4, 0.5) is 0 Å². The number of hydrogen-bond acceptors (Lipinski definition) is 3. The number of carbonyl (C=O) groups is 1. The molecule has 0 aliphatic carbocycles. The van der Waals surface area contributed by atoms with Crippen molar-refractivity contribution in [3.8, 4) is 0 Å². The Kier molecular flexibility index (Phi) is 10.4. The van der Waals surface area contributed by atoms with E-state index in [1.807, 2.05) is 18.7 Å². The normalized spacial score (nSPS) is 18.4. The Labute approximate surface area is 117 Å². The molecule has 4 nitrogen and oxygen atoms in total. The van der Waals surface area contributed by atoms with Gasteiger partial charge < -0.3 is 15.0 Å². The molecule has 1 amide bonds. The van der Waals surface area contributed by atoms with E-state index < -0.39 is 0 Å². The average molecular weight is 279 g/mol. The molecule has 108 valence electrons. The summed E-state index contributed by atoms with van der Waals surface area (Å²) >= 11 is 0. The van der Waals surface area contributed by atoms with Crippen LogP contribution in [0.5, 0.6) is 0 Å². The number of hydrogen-bond donors (Lipinski definition) is 1. The van der Waals surface area contributed by atoms with Crippen LogP contribution in [-0.4, -0.2) is 50.2 Å². The van der Waals surface area contributed by atoms with E-state index in [0.717, 1.165) is 39.2 Å². The van der Waals surface area contributed by atoms with Crippen molar-refractivity contribution >= 4 is 18.3 Å². The minimum Gasteiger partial charge on any atom is -0.380 e. The summed E-state index contributed by atoms with van der Waals surface area (Å²) in [6.07, 6.45) is 2.93. The first kappa shape index (κ1) is 17.7. The van der Waals surface area contributed by atoms with E-state index in [9.17, 15) is 4.79 Å². The molecule has 1 aliphatic heterocycles. The first-order chi connectivity index (χ1) is 8.27. The lowest BCUT2D eigenvalue weighted by Gasteiger charge is -2.21. The van der Waals surface area contributed by atoms with Gasteiger partial charge in [0.15, 0.2) is 0 Å². The van der Waals surface area contributed by atoms with Crippen molar-refractivity contribution in [3.63, 3.8) is 0 Å². The second-order valence-corrected chi connectivity index (χ2v) is 4.57. The molecule has 0 bridgehead atoms. The standard InChI is InChI=1S/C13H26N2O2.ClH/c1-3-15(9-10-17-4-2)13(16)6-5-12-7-8-14-11-12;/h12,14H,3-11H2,1-2H3;1H. The molecule has 0 aromatic heterocycles. The van der Waals surface area contributed by atoms with E-state index in [4.69, 9.17) is 4.74 Å². The topological polar surface area (TPSA) is 41.6 Å². The first-order valence-electron chi connectivity index (χ1n) is 6.84. The maximum absolute atomic E-state index is 12.0. The number of nitrogens with zero attached hydrogens (tertiary/aromatic N) is 1. The summed E-state index contributed by atoms with van der Waals surface area (Å²) in [7, 11) is 0. The van der Waals surface area contributed by atoms with E-state index in [0.29, 0.717) is 18.9 Å². The predicted molar refractivity (Wildman–Crippen MR) is 76.2 cm³/mol. The molecule has 0 aromatic carbocycles. The van der Waals surface area contributed by atoms with Crippen LogP contribution in [0.2, 0.25) is 0 Å². The van der Waals surface area contributed by atoms with Crippen molar-refractivity contribution < 1.29 is 9.53 Å². The van der Waals surface area contributed by atoms with Crippen LogP contribution in [0.3, 0.4) is 0 Å². The van der Waals surface area contributed by atoms with Crippen LogP contribution in [-0.2, 0) is 9.53 Å². The number of halogens is 1. The van der Waals surface area contributed by atoms with Gasteiger partial charge in [-0.2, -0.15) is 0 Å². The lowest BCUT2D eigenvalue weighted by atomic mass is 10.0. The zero-order valence-electron chi connectivity index (χ0n) is 11.6. The summed E-state index contributed by atoms with van der Waals surface area (Å²) in [6.45, 7) is 9.09. The third-order valence-electron chi connectivity index (χ3n) is 3.37. The van der Waals surface area contributed by atoms with Gasteiger partial charge in [0.05, 0.1) is 6.61 Å². The molecular weight excluding hydrogens is 252 g/mol. The van der Waals surface area contributed by atoms with Gasteiger partial charge in [-0.25, -0.2) is 0 Å². The highest BCUT2D eigenvalue weighted by Gasteiger charge is 2.17. The Morgan fingerprint density at radius 2 is 2.22 bits per heavy atom. The quantitative estimate of drug-likeness (QED) is 0.687. The van der Waals surface area contributed by atoms with Crippen LogP contribution in [0.25, 0.3) is 0 Å². The zero-order chi connectivity index (χ0) is 12.5. The van der Waals surface area contributed by atoms with E-state index in [1.165, 1.54) is 6.42 Å². The molecule has 0 radical (unpaired) electrons. The van der Waals surface area contributed by atoms with Crippen LogP contribution < -0.4 is 5.32 Å². The number of ether oxygens (including phenoxy) is 1. The van der Waals surface area contributed by atoms with Gasteiger partial charge in [-0.3, -0.25) is 4.79 Å². The van der Waals surface area contributed by atoms with Crippen molar-refractivity contribution in [2.45, 2.75) is 33.1 Å². The summed E-state index contributed by atoms with van der Waals surface area (Å²) in [4.78, 5) is 13.9. The van der Waals surface area contributed by atoms with E-state index >= 15 is 0 Å². The Morgan fingerprint density at radius 1 is 1.44 bits per heavy atom. The smallest absolute Gasteiger partial charge is 0.222 e. The zero-order valence-corrected chi connectivity index (χ0v) is 12.4. The SMILES string of the molecule is CCOCCN(CC)C(=O)CCC1CCNC1.Cl. The first-order valence-corrected chi connectivity index (χ1v) is 6.84. The van der Waals surface area contributed by atoms with Crippen LogP contribution in [0, 0.1) is 5.92 Å². The number of amides is 1. The molecule has 1 unspecified atom stereocenters. The molecule has 1 fully saturated rings. The Bertz CT molecular complexity index is 221. The number of nitrogens with one attached hydrogen (secondary N) is 1. The van der Waals surface area contributed by atoms with Crippen molar-refractivity contribution in [1.29, 1.82) is 0 Å². The fourth-order valence-electron chi connectivity index (χ4n) is 2.22. The van der Waals surface area contributed by atoms with Crippen molar-refractivity contribution in [3.05, 3.63) is 0 Å². The minimum absolute atomic E-state index is 0. The molecule has 5 heteroatoms. The summed E-state index contributed by atoms with van der Waals surface area (Å²) in [5, 5.41) is 3.34. The Morgan fingerprint density at radius 3 is 2.78 bits per heavy atom. The van der Waals surface area contributed by atoms with Crippen LogP contribution in [0.15, 0.2) is 0 Å². The minimum atomic E-state index is 0. The molecule has 0 aromatic rings. The molecule has 1 aliphatic rings. The summed E-state index contributed by atoms with van der Waals surface area (Å²) in [5.41, 5.74) is 0. The van der Waals surface area contributed by atoms with E-state index in [1.54, 1.807) is 0 Å². The molecule has 0 spiro atoms. The summed E-state index contributed by atoms with van der Waals surface area (Å²) in [6, 6.07) is 0. The molecular formula is C13H27ClN2O2. The molecule has 18 heavy (non-hydrogen) atoms. The largest absolute Gasteiger partial charge is 0.380 e. The van der Waals surface area contributed by atoms with E-state index in [-0.39, 0.29) is 18.3 Å². The van der Waals surface area contributed by atoms with Crippen LogP contribution >= 0.6 is 12.4 Å². The highest BCUT2D eigenvalue weighted by atomic mass is 35.5. The number of likely N-dealkylation sites (N-methyl/N-ethyl adjacent to an activating group) is 1.